The van der Waals surface area contributed by atoms with Crippen LogP contribution in [0.3, 0.4) is 0 Å². The van der Waals surface area contributed by atoms with Crippen LogP contribution in [0.2, 0.25) is 5.02 Å². The van der Waals surface area contributed by atoms with Crippen LogP contribution < -0.4 is 5.32 Å². The topological polar surface area (TPSA) is 32.3 Å². The van der Waals surface area contributed by atoms with Gasteiger partial charge in [-0.05, 0) is 44.0 Å². The smallest absolute Gasteiger partial charge is 0.0512 e. The minimum Gasteiger partial charge on any atom is -0.393 e. The van der Waals surface area contributed by atoms with Crippen molar-refractivity contribution in [3.05, 3.63) is 33.3 Å². The van der Waals surface area contributed by atoms with E-state index in [2.05, 4.69) is 21.2 Å². The Bertz CT molecular complexity index is 331. The van der Waals surface area contributed by atoms with E-state index in [1.807, 2.05) is 25.1 Å². The van der Waals surface area contributed by atoms with E-state index in [4.69, 9.17) is 16.7 Å². The van der Waals surface area contributed by atoms with Crippen molar-refractivity contribution in [3.63, 3.8) is 0 Å². The molecule has 90 valence electrons. The number of nitrogens with one attached hydrogen (secondary N) is 1. The van der Waals surface area contributed by atoms with Gasteiger partial charge in [0.2, 0.25) is 0 Å². The van der Waals surface area contributed by atoms with E-state index in [0.717, 1.165) is 35.4 Å². The molecule has 0 aromatic heterocycles. The Morgan fingerprint density at radius 3 is 2.88 bits per heavy atom. The molecule has 0 radical (unpaired) electrons. The molecule has 4 heteroatoms. The molecular formula is C12H17BrClNO. The zero-order chi connectivity index (χ0) is 12.0. The number of halogens is 2. The Morgan fingerprint density at radius 2 is 2.25 bits per heavy atom. The summed E-state index contributed by atoms with van der Waals surface area (Å²) in [6.45, 7) is 3.55. The van der Waals surface area contributed by atoms with Crippen LogP contribution in [0.5, 0.6) is 0 Å². The zero-order valence-electron chi connectivity index (χ0n) is 9.34. The molecule has 1 atom stereocenters. The average molecular weight is 307 g/mol. The molecule has 1 unspecified atom stereocenters. The lowest BCUT2D eigenvalue weighted by atomic mass is 10.2. The zero-order valence-corrected chi connectivity index (χ0v) is 11.7. The second-order valence-corrected chi connectivity index (χ2v) is 5.19. The summed E-state index contributed by atoms with van der Waals surface area (Å²) >= 11 is 9.33. The maximum atomic E-state index is 9.09. The van der Waals surface area contributed by atoms with Gasteiger partial charge in [0.25, 0.3) is 0 Å². The quantitative estimate of drug-likeness (QED) is 0.790. The Balaban J connectivity index is 2.27. The van der Waals surface area contributed by atoms with Crippen LogP contribution in [0.4, 0.5) is 0 Å². The maximum absolute atomic E-state index is 9.09. The molecule has 2 N–H and O–H groups in total. The minimum absolute atomic E-state index is 0.205. The monoisotopic (exact) mass is 305 g/mol. The molecule has 0 fully saturated rings. The standard InChI is InChI=1S/C12H17BrClNO/c1-9(16)3-2-6-15-8-10-4-5-11(14)7-12(10)13/h4-5,7,9,15-16H,2-3,6,8H2,1H3. The van der Waals surface area contributed by atoms with Crippen LogP contribution in [-0.2, 0) is 6.54 Å². The van der Waals surface area contributed by atoms with Crippen LogP contribution in [0.1, 0.15) is 25.3 Å². The molecule has 1 aromatic carbocycles. The first-order valence-electron chi connectivity index (χ1n) is 5.42. The third-order valence-corrected chi connectivity index (χ3v) is 3.28. The third kappa shape index (κ3) is 5.30. The highest BCUT2D eigenvalue weighted by molar-refractivity contribution is 9.10. The van der Waals surface area contributed by atoms with E-state index >= 15 is 0 Å². The summed E-state index contributed by atoms with van der Waals surface area (Å²) in [6.07, 6.45) is 1.63. The molecule has 0 bridgehead atoms. The lowest BCUT2D eigenvalue weighted by molar-refractivity contribution is 0.181. The van der Waals surface area contributed by atoms with Crippen LogP contribution in [-0.4, -0.2) is 17.8 Å². The highest BCUT2D eigenvalue weighted by Gasteiger charge is 2.00. The minimum atomic E-state index is -0.205. The molecule has 2 nitrogen and oxygen atoms in total. The summed E-state index contributed by atoms with van der Waals surface area (Å²) < 4.78 is 1.03. The molecule has 0 aliphatic rings. The van der Waals surface area contributed by atoms with Crippen LogP contribution in [0.15, 0.2) is 22.7 Å². The fourth-order valence-electron chi connectivity index (χ4n) is 1.41. The van der Waals surface area contributed by atoms with Gasteiger partial charge in [0.05, 0.1) is 6.10 Å². The van der Waals surface area contributed by atoms with Gasteiger partial charge in [0.1, 0.15) is 0 Å². The van der Waals surface area contributed by atoms with Crippen molar-refractivity contribution in [1.29, 1.82) is 0 Å². The van der Waals surface area contributed by atoms with Gasteiger partial charge in [0, 0.05) is 16.0 Å². The number of rotatable bonds is 6. The number of benzene rings is 1. The number of hydrogen-bond acceptors (Lipinski definition) is 2. The third-order valence-electron chi connectivity index (χ3n) is 2.31. The summed E-state index contributed by atoms with van der Waals surface area (Å²) in [6, 6.07) is 5.79. The van der Waals surface area contributed by atoms with E-state index in [-0.39, 0.29) is 6.10 Å². The van der Waals surface area contributed by atoms with Gasteiger partial charge in [0.15, 0.2) is 0 Å². The Morgan fingerprint density at radius 1 is 1.50 bits per heavy atom. The molecule has 0 amide bonds. The van der Waals surface area contributed by atoms with Gasteiger partial charge in [-0.2, -0.15) is 0 Å². The fraction of sp³-hybridized carbons (Fsp3) is 0.500. The van der Waals surface area contributed by atoms with Gasteiger partial charge in [-0.15, -0.1) is 0 Å². The Hall–Kier alpha value is -0.0900. The van der Waals surface area contributed by atoms with Gasteiger partial charge >= 0.3 is 0 Å². The largest absolute Gasteiger partial charge is 0.393 e. The van der Waals surface area contributed by atoms with Crippen LogP contribution in [0, 0.1) is 0 Å². The summed E-state index contributed by atoms with van der Waals surface area (Å²) in [5, 5.41) is 13.2. The van der Waals surface area contributed by atoms with Crippen molar-refractivity contribution in [2.75, 3.05) is 6.54 Å². The van der Waals surface area contributed by atoms with Crippen molar-refractivity contribution >= 4 is 27.5 Å². The Labute approximate surface area is 110 Å². The van der Waals surface area contributed by atoms with Crippen molar-refractivity contribution in [1.82, 2.24) is 5.32 Å². The first-order valence-corrected chi connectivity index (χ1v) is 6.59. The molecule has 0 aliphatic heterocycles. The highest BCUT2D eigenvalue weighted by atomic mass is 79.9. The lowest BCUT2D eigenvalue weighted by Gasteiger charge is -2.08. The molecule has 1 rings (SSSR count). The van der Waals surface area contributed by atoms with Gasteiger partial charge < -0.3 is 10.4 Å². The van der Waals surface area contributed by atoms with E-state index in [1.54, 1.807) is 0 Å². The van der Waals surface area contributed by atoms with Crippen molar-refractivity contribution in [2.45, 2.75) is 32.4 Å². The predicted molar refractivity (Wildman–Crippen MR) is 71.8 cm³/mol. The second kappa shape index (κ2) is 7.28. The molecule has 1 aromatic rings. The summed E-state index contributed by atoms with van der Waals surface area (Å²) in [5.41, 5.74) is 1.20. The molecule has 0 aliphatic carbocycles. The van der Waals surface area contributed by atoms with Crippen molar-refractivity contribution in [3.8, 4) is 0 Å². The first-order chi connectivity index (χ1) is 7.59. The van der Waals surface area contributed by atoms with Crippen molar-refractivity contribution in [2.24, 2.45) is 0 Å². The van der Waals surface area contributed by atoms with Gasteiger partial charge in [-0.3, -0.25) is 0 Å². The van der Waals surface area contributed by atoms with E-state index in [9.17, 15) is 0 Å². The van der Waals surface area contributed by atoms with Gasteiger partial charge in [-0.1, -0.05) is 33.6 Å². The van der Waals surface area contributed by atoms with E-state index in [1.165, 1.54) is 5.56 Å². The molecule has 0 heterocycles. The number of hydrogen-bond donors (Lipinski definition) is 2. The number of aliphatic hydroxyl groups is 1. The molecule has 0 saturated carbocycles. The van der Waals surface area contributed by atoms with Crippen LogP contribution in [0.25, 0.3) is 0 Å². The van der Waals surface area contributed by atoms with Crippen LogP contribution >= 0.6 is 27.5 Å². The van der Waals surface area contributed by atoms with E-state index < -0.39 is 0 Å². The van der Waals surface area contributed by atoms with Crippen molar-refractivity contribution < 1.29 is 5.11 Å². The summed E-state index contributed by atoms with van der Waals surface area (Å²) in [7, 11) is 0. The Kier molecular flexibility index (Phi) is 6.36. The highest BCUT2D eigenvalue weighted by Crippen LogP contribution is 2.21. The maximum Gasteiger partial charge on any atom is 0.0512 e. The summed E-state index contributed by atoms with van der Waals surface area (Å²) in [4.78, 5) is 0. The lowest BCUT2D eigenvalue weighted by Crippen LogP contribution is -2.16. The molecule has 0 spiro atoms. The molecule has 0 saturated heterocycles. The second-order valence-electron chi connectivity index (χ2n) is 3.90. The van der Waals surface area contributed by atoms with E-state index in [0.29, 0.717) is 0 Å². The molecule has 16 heavy (non-hydrogen) atoms. The number of aliphatic hydroxyl groups excluding tert-OH is 1. The summed E-state index contributed by atoms with van der Waals surface area (Å²) in [5.74, 6) is 0. The molecular weight excluding hydrogens is 289 g/mol. The average Bonchev–Trinajstić information content (AvgIpc) is 2.20. The first kappa shape index (κ1) is 14.0. The fourth-order valence-corrected chi connectivity index (χ4v) is 2.23. The normalized spacial score (nSPS) is 12.8. The predicted octanol–water partition coefficient (Wildman–Crippen LogP) is 3.35. The SMILES string of the molecule is CC(O)CCCNCc1ccc(Cl)cc1Br. The van der Waals surface area contributed by atoms with Gasteiger partial charge in [-0.25, -0.2) is 0 Å².